The number of methoxy groups -OCH3 is 1. The lowest BCUT2D eigenvalue weighted by Gasteiger charge is -2.19. The Morgan fingerprint density at radius 1 is 1.42 bits per heavy atom. The first-order valence-electron chi connectivity index (χ1n) is 8.17. The number of ether oxygens (including phenoxy) is 1. The van der Waals surface area contributed by atoms with Crippen molar-refractivity contribution in [3.63, 3.8) is 0 Å². The van der Waals surface area contributed by atoms with Gasteiger partial charge in [0.2, 0.25) is 5.91 Å². The van der Waals surface area contributed by atoms with E-state index in [0.717, 1.165) is 18.2 Å². The van der Waals surface area contributed by atoms with Crippen molar-refractivity contribution in [3.8, 4) is 6.07 Å². The van der Waals surface area contributed by atoms with Crippen LogP contribution >= 0.6 is 11.6 Å². The Labute approximate surface area is 156 Å². The van der Waals surface area contributed by atoms with E-state index >= 15 is 0 Å². The van der Waals surface area contributed by atoms with Crippen molar-refractivity contribution in [2.45, 2.75) is 47.5 Å². The highest BCUT2D eigenvalue weighted by atomic mass is 35.5. The van der Waals surface area contributed by atoms with Gasteiger partial charge in [0, 0.05) is 7.11 Å². The highest BCUT2D eigenvalue weighted by Gasteiger charge is 2.50. The van der Waals surface area contributed by atoms with Crippen molar-refractivity contribution in [2.75, 3.05) is 7.11 Å². The zero-order valence-electron chi connectivity index (χ0n) is 14.0. The molecule has 2 aliphatic rings. The number of nitrogens with one attached hydrogen (secondary N) is 1. The van der Waals surface area contributed by atoms with Crippen LogP contribution < -0.4 is 5.32 Å². The monoisotopic (exact) mass is 400 g/mol. The van der Waals surface area contributed by atoms with Crippen LogP contribution in [0.2, 0.25) is 5.02 Å². The van der Waals surface area contributed by atoms with E-state index in [-0.39, 0.29) is 28.7 Å². The molecule has 0 spiro atoms. The molecular formula is C17H18ClFN2O4S. The number of sulfone groups is 1. The lowest BCUT2D eigenvalue weighted by molar-refractivity contribution is -0.128. The van der Waals surface area contributed by atoms with Crippen molar-refractivity contribution in [1.82, 2.24) is 5.32 Å². The average molecular weight is 401 g/mol. The molecule has 26 heavy (non-hydrogen) atoms. The molecule has 140 valence electrons. The maximum absolute atomic E-state index is 13.2. The lowest BCUT2D eigenvalue weighted by atomic mass is 10.0. The predicted octanol–water partition coefficient (Wildman–Crippen LogP) is 2.22. The molecule has 0 radical (unpaired) electrons. The van der Waals surface area contributed by atoms with E-state index in [1.54, 1.807) is 0 Å². The van der Waals surface area contributed by atoms with E-state index in [2.05, 4.69) is 11.4 Å². The van der Waals surface area contributed by atoms with Crippen LogP contribution in [-0.4, -0.2) is 38.3 Å². The zero-order valence-corrected chi connectivity index (χ0v) is 15.6. The highest BCUT2D eigenvalue weighted by Crippen LogP contribution is 2.40. The van der Waals surface area contributed by atoms with Crippen molar-refractivity contribution in [1.29, 1.82) is 5.26 Å². The molecule has 2 fully saturated rings. The Bertz CT molecular complexity index is 879. The van der Waals surface area contributed by atoms with E-state index in [0.29, 0.717) is 12.8 Å². The van der Waals surface area contributed by atoms with E-state index in [1.165, 1.54) is 7.11 Å². The van der Waals surface area contributed by atoms with Gasteiger partial charge >= 0.3 is 0 Å². The number of carbonyl (C=O) groups is 1. The fraction of sp³-hybridized carbons (Fsp3) is 0.529. The Morgan fingerprint density at radius 3 is 2.65 bits per heavy atom. The molecule has 6 nitrogen and oxygen atoms in total. The molecule has 1 amide bonds. The summed E-state index contributed by atoms with van der Waals surface area (Å²) in [6.45, 7) is 0. The third kappa shape index (κ3) is 3.43. The fourth-order valence-corrected chi connectivity index (χ4v) is 5.69. The van der Waals surface area contributed by atoms with Crippen LogP contribution in [0.25, 0.3) is 0 Å². The molecule has 1 N–H and O–H groups in total. The summed E-state index contributed by atoms with van der Waals surface area (Å²) in [6.07, 6.45) is 0.786. The van der Waals surface area contributed by atoms with Crippen LogP contribution in [0, 0.1) is 23.1 Å². The normalized spacial score (nSPS) is 26.9. The van der Waals surface area contributed by atoms with E-state index in [4.69, 9.17) is 21.6 Å². The van der Waals surface area contributed by atoms with Gasteiger partial charge < -0.3 is 10.1 Å². The van der Waals surface area contributed by atoms with Crippen molar-refractivity contribution >= 4 is 27.3 Å². The van der Waals surface area contributed by atoms with Gasteiger partial charge in [-0.25, -0.2) is 12.8 Å². The number of halogens is 2. The Balaban J connectivity index is 1.81. The number of hydrogen-bond acceptors (Lipinski definition) is 5. The first-order chi connectivity index (χ1) is 12.2. The molecule has 2 aliphatic carbocycles. The summed E-state index contributed by atoms with van der Waals surface area (Å²) in [5.41, 5.74) is -0.827. The Hall–Kier alpha value is -1.69. The summed E-state index contributed by atoms with van der Waals surface area (Å²) in [5, 5.41) is 10.8. The minimum atomic E-state index is -3.85. The minimum absolute atomic E-state index is 0.0574. The standard InChI is InChI=1S/C17H18ClFN2O4S/c1-25-14-8-11(7-12(14)16(22)21-17(9-20)4-5-17)26(23,24)15-3-2-10(19)6-13(15)18/h2-3,6,11-12,14H,4-5,7-8H2,1H3,(H,21,22)/t11-,12-,14-/m0/s1. The molecule has 0 aliphatic heterocycles. The van der Waals surface area contributed by atoms with Gasteiger partial charge in [0.1, 0.15) is 11.4 Å². The van der Waals surface area contributed by atoms with Gasteiger partial charge in [-0.05, 0) is 43.9 Å². The molecule has 0 aromatic heterocycles. The molecular weight excluding hydrogens is 383 g/mol. The molecule has 3 rings (SSSR count). The molecule has 3 atom stereocenters. The second kappa shape index (κ2) is 6.80. The number of rotatable bonds is 5. The maximum atomic E-state index is 13.2. The number of amides is 1. The van der Waals surface area contributed by atoms with Gasteiger partial charge in [-0.1, -0.05) is 11.6 Å². The molecule has 0 bridgehead atoms. The van der Waals surface area contributed by atoms with Crippen LogP contribution in [-0.2, 0) is 19.4 Å². The number of nitrogens with zero attached hydrogens (tertiary/aromatic N) is 1. The summed E-state index contributed by atoms with van der Waals surface area (Å²) >= 11 is 5.91. The van der Waals surface area contributed by atoms with Gasteiger partial charge in [0.15, 0.2) is 9.84 Å². The van der Waals surface area contributed by atoms with Gasteiger partial charge in [-0.2, -0.15) is 5.26 Å². The van der Waals surface area contributed by atoms with Crippen LogP contribution in [0.3, 0.4) is 0 Å². The SMILES string of the molecule is CO[C@H]1C[C@@H](S(=O)(=O)c2ccc(F)cc2Cl)C[C@@H]1C(=O)NC1(C#N)CC1. The quantitative estimate of drug-likeness (QED) is 0.764. The van der Waals surface area contributed by atoms with Crippen LogP contribution in [0.15, 0.2) is 23.1 Å². The number of hydrogen-bond donors (Lipinski definition) is 1. The maximum Gasteiger partial charge on any atom is 0.227 e. The second-order valence-corrected chi connectivity index (χ2v) is 9.38. The van der Waals surface area contributed by atoms with Gasteiger partial charge in [-0.15, -0.1) is 0 Å². The van der Waals surface area contributed by atoms with Gasteiger partial charge in [-0.3, -0.25) is 4.79 Å². The molecule has 1 aromatic carbocycles. The Kier molecular flexibility index (Phi) is 4.99. The summed E-state index contributed by atoms with van der Waals surface area (Å²) in [5.74, 6) is -1.68. The topological polar surface area (TPSA) is 96.3 Å². The number of benzene rings is 1. The van der Waals surface area contributed by atoms with E-state index in [1.807, 2.05) is 0 Å². The fourth-order valence-electron chi connectivity index (χ4n) is 3.35. The van der Waals surface area contributed by atoms with Crippen LogP contribution in [0.1, 0.15) is 25.7 Å². The average Bonchev–Trinajstić information content (AvgIpc) is 3.20. The van der Waals surface area contributed by atoms with Crippen molar-refractivity contribution in [2.24, 2.45) is 5.92 Å². The predicted molar refractivity (Wildman–Crippen MR) is 91.6 cm³/mol. The third-order valence-electron chi connectivity index (χ3n) is 5.07. The first kappa shape index (κ1) is 19.1. The second-order valence-electron chi connectivity index (χ2n) is 6.78. The molecule has 1 aromatic rings. The van der Waals surface area contributed by atoms with Crippen LogP contribution in [0.4, 0.5) is 4.39 Å². The Morgan fingerprint density at radius 2 is 2.12 bits per heavy atom. The lowest BCUT2D eigenvalue weighted by Crippen LogP contribution is -2.42. The number of nitriles is 1. The minimum Gasteiger partial charge on any atom is -0.381 e. The van der Waals surface area contributed by atoms with Crippen molar-refractivity contribution in [3.05, 3.63) is 29.0 Å². The largest absolute Gasteiger partial charge is 0.381 e. The van der Waals surface area contributed by atoms with E-state index in [9.17, 15) is 17.6 Å². The molecule has 2 saturated carbocycles. The smallest absolute Gasteiger partial charge is 0.227 e. The van der Waals surface area contributed by atoms with Crippen molar-refractivity contribution < 1.29 is 22.3 Å². The molecule has 9 heteroatoms. The summed E-state index contributed by atoms with van der Waals surface area (Å²) in [7, 11) is -2.43. The highest BCUT2D eigenvalue weighted by molar-refractivity contribution is 7.92. The first-order valence-corrected chi connectivity index (χ1v) is 10.1. The summed E-state index contributed by atoms with van der Waals surface area (Å²) in [4.78, 5) is 12.4. The summed E-state index contributed by atoms with van der Waals surface area (Å²) in [6, 6.07) is 5.20. The van der Waals surface area contributed by atoms with Gasteiger partial charge in [0.25, 0.3) is 0 Å². The summed E-state index contributed by atoms with van der Waals surface area (Å²) < 4.78 is 44.3. The van der Waals surface area contributed by atoms with Gasteiger partial charge in [0.05, 0.1) is 33.3 Å². The molecule has 0 unspecified atom stereocenters. The zero-order chi connectivity index (χ0) is 19.1. The van der Waals surface area contributed by atoms with Crippen LogP contribution in [0.5, 0.6) is 0 Å². The third-order valence-corrected chi connectivity index (χ3v) is 7.72. The number of carbonyl (C=O) groups excluding carboxylic acids is 1. The molecule has 0 saturated heterocycles. The van der Waals surface area contributed by atoms with E-state index < -0.39 is 38.5 Å². The molecule has 0 heterocycles.